The van der Waals surface area contributed by atoms with E-state index in [9.17, 15) is 4.79 Å². The van der Waals surface area contributed by atoms with Gasteiger partial charge in [0.2, 0.25) is 0 Å². The fraction of sp³-hybridized carbons (Fsp3) is 0.455. The van der Waals surface area contributed by atoms with Crippen molar-refractivity contribution in [1.29, 1.82) is 0 Å². The Labute approximate surface area is 94.5 Å². The number of carbonyl (C=O) groups excluding carboxylic acids is 1. The lowest BCUT2D eigenvalue weighted by Gasteiger charge is -2.15. The van der Waals surface area contributed by atoms with Crippen molar-refractivity contribution in [3.63, 3.8) is 0 Å². The quantitative estimate of drug-likeness (QED) is 0.745. The van der Waals surface area contributed by atoms with Crippen molar-refractivity contribution in [2.24, 2.45) is 0 Å². The van der Waals surface area contributed by atoms with E-state index in [1.165, 1.54) is 7.11 Å². The van der Waals surface area contributed by atoms with Gasteiger partial charge in [-0.1, -0.05) is 0 Å². The molecule has 1 atom stereocenters. The van der Waals surface area contributed by atoms with Crippen LogP contribution in [0.1, 0.15) is 16.1 Å². The van der Waals surface area contributed by atoms with Gasteiger partial charge in [0.15, 0.2) is 0 Å². The highest BCUT2D eigenvalue weighted by molar-refractivity contribution is 5.94. The number of aryl methyl sites for hydroxylation is 1. The molecule has 0 aromatic carbocycles. The van der Waals surface area contributed by atoms with Crippen molar-refractivity contribution in [2.45, 2.75) is 13.0 Å². The van der Waals surface area contributed by atoms with Crippen LogP contribution in [-0.2, 0) is 4.74 Å². The molecule has 0 aliphatic carbocycles. The highest BCUT2D eigenvalue weighted by Crippen LogP contribution is 2.01. The van der Waals surface area contributed by atoms with E-state index in [0.717, 1.165) is 5.69 Å². The zero-order valence-electron chi connectivity index (χ0n) is 9.43. The van der Waals surface area contributed by atoms with Crippen molar-refractivity contribution in [1.82, 2.24) is 10.3 Å². The van der Waals surface area contributed by atoms with Crippen molar-refractivity contribution in [2.75, 3.05) is 20.3 Å². The SMILES string of the molecule is COCC(CO)NC(=O)c1ccnc(C)c1. The number of rotatable bonds is 5. The first-order chi connectivity index (χ1) is 7.67. The van der Waals surface area contributed by atoms with Crippen LogP contribution in [0.5, 0.6) is 0 Å². The lowest BCUT2D eigenvalue weighted by molar-refractivity contribution is 0.0839. The molecule has 1 rings (SSSR count). The summed E-state index contributed by atoms with van der Waals surface area (Å²) in [6.45, 7) is 1.95. The predicted octanol–water partition coefficient (Wildman–Crippen LogP) is 0.127. The Hall–Kier alpha value is -1.46. The van der Waals surface area contributed by atoms with Crippen molar-refractivity contribution < 1.29 is 14.6 Å². The summed E-state index contributed by atoms with van der Waals surface area (Å²) in [5.74, 6) is -0.235. The van der Waals surface area contributed by atoms with E-state index in [1.54, 1.807) is 18.3 Å². The number of methoxy groups -OCH3 is 1. The second kappa shape index (κ2) is 6.19. The minimum absolute atomic E-state index is 0.149. The number of aliphatic hydroxyl groups is 1. The number of carbonyl (C=O) groups is 1. The standard InChI is InChI=1S/C11H16N2O3/c1-8-5-9(3-4-12-8)11(15)13-10(6-14)7-16-2/h3-5,10,14H,6-7H2,1-2H3,(H,13,15). The van der Waals surface area contributed by atoms with Crippen molar-refractivity contribution in [3.05, 3.63) is 29.6 Å². The molecule has 0 saturated carbocycles. The topological polar surface area (TPSA) is 71.5 Å². The van der Waals surface area contributed by atoms with Crippen LogP contribution in [0.2, 0.25) is 0 Å². The van der Waals surface area contributed by atoms with Crippen molar-refractivity contribution >= 4 is 5.91 Å². The molecule has 0 aliphatic heterocycles. The second-order valence-electron chi connectivity index (χ2n) is 3.49. The summed E-state index contributed by atoms with van der Waals surface area (Å²) >= 11 is 0. The Kier molecular flexibility index (Phi) is 4.88. The number of nitrogens with zero attached hydrogens (tertiary/aromatic N) is 1. The van der Waals surface area contributed by atoms with E-state index in [-0.39, 0.29) is 25.2 Å². The Morgan fingerprint density at radius 2 is 2.44 bits per heavy atom. The summed E-state index contributed by atoms with van der Waals surface area (Å²) in [5.41, 5.74) is 1.31. The minimum Gasteiger partial charge on any atom is -0.394 e. The molecule has 0 bridgehead atoms. The van der Waals surface area contributed by atoms with E-state index in [4.69, 9.17) is 9.84 Å². The van der Waals surface area contributed by atoms with Gasteiger partial charge >= 0.3 is 0 Å². The average Bonchev–Trinajstić information content (AvgIpc) is 2.28. The van der Waals surface area contributed by atoms with Crippen molar-refractivity contribution in [3.8, 4) is 0 Å². The number of aromatic nitrogens is 1. The maximum atomic E-state index is 11.7. The third-order valence-electron chi connectivity index (χ3n) is 2.08. The molecular formula is C11H16N2O3. The molecule has 5 heteroatoms. The molecule has 0 radical (unpaired) electrons. The summed E-state index contributed by atoms with van der Waals surface area (Å²) in [5, 5.41) is 11.7. The smallest absolute Gasteiger partial charge is 0.251 e. The summed E-state index contributed by atoms with van der Waals surface area (Å²) < 4.78 is 4.87. The van der Waals surface area contributed by atoms with Crippen LogP contribution in [-0.4, -0.2) is 42.4 Å². The highest BCUT2D eigenvalue weighted by atomic mass is 16.5. The molecule has 88 valence electrons. The molecule has 16 heavy (non-hydrogen) atoms. The highest BCUT2D eigenvalue weighted by Gasteiger charge is 2.12. The van der Waals surface area contributed by atoms with E-state index < -0.39 is 0 Å². The number of nitrogens with one attached hydrogen (secondary N) is 1. The first-order valence-corrected chi connectivity index (χ1v) is 5.00. The van der Waals surface area contributed by atoms with E-state index in [0.29, 0.717) is 5.56 Å². The number of hydrogen-bond donors (Lipinski definition) is 2. The van der Waals surface area contributed by atoms with Crippen LogP contribution >= 0.6 is 0 Å². The summed E-state index contributed by atoms with van der Waals surface area (Å²) in [7, 11) is 1.52. The number of aliphatic hydroxyl groups excluding tert-OH is 1. The minimum atomic E-state index is -0.383. The molecule has 1 aromatic rings. The molecular weight excluding hydrogens is 208 g/mol. The maximum Gasteiger partial charge on any atom is 0.251 e. The zero-order chi connectivity index (χ0) is 12.0. The van der Waals surface area contributed by atoms with E-state index >= 15 is 0 Å². The zero-order valence-corrected chi connectivity index (χ0v) is 9.43. The monoisotopic (exact) mass is 224 g/mol. The molecule has 1 unspecified atom stereocenters. The fourth-order valence-electron chi connectivity index (χ4n) is 1.30. The summed E-state index contributed by atoms with van der Waals surface area (Å²) in [6.07, 6.45) is 1.58. The second-order valence-corrected chi connectivity index (χ2v) is 3.49. The summed E-state index contributed by atoms with van der Waals surface area (Å²) in [4.78, 5) is 15.7. The van der Waals surface area contributed by atoms with Crippen LogP contribution in [0.15, 0.2) is 18.3 Å². The van der Waals surface area contributed by atoms with E-state index in [2.05, 4.69) is 10.3 Å². The van der Waals surface area contributed by atoms with Crippen LogP contribution in [0.3, 0.4) is 0 Å². The van der Waals surface area contributed by atoms with Gasteiger partial charge in [-0.15, -0.1) is 0 Å². The van der Waals surface area contributed by atoms with Gasteiger partial charge in [-0.3, -0.25) is 9.78 Å². The Balaban J connectivity index is 2.64. The third kappa shape index (κ3) is 3.60. The van der Waals surface area contributed by atoms with Gasteiger partial charge < -0.3 is 15.2 Å². The van der Waals surface area contributed by atoms with Gasteiger partial charge in [0.05, 0.1) is 19.3 Å². The van der Waals surface area contributed by atoms with Gasteiger partial charge in [-0.2, -0.15) is 0 Å². The number of pyridine rings is 1. The lowest BCUT2D eigenvalue weighted by atomic mass is 10.2. The molecule has 0 aliphatic rings. The predicted molar refractivity (Wildman–Crippen MR) is 59.2 cm³/mol. The van der Waals surface area contributed by atoms with E-state index in [1.807, 2.05) is 6.92 Å². The molecule has 5 nitrogen and oxygen atoms in total. The number of amides is 1. The molecule has 0 spiro atoms. The molecule has 1 amide bonds. The van der Waals surface area contributed by atoms with Crippen LogP contribution < -0.4 is 5.32 Å². The molecule has 0 saturated heterocycles. The first kappa shape index (κ1) is 12.6. The third-order valence-corrected chi connectivity index (χ3v) is 2.08. The van der Waals surface area contributed by atoms with Gasteiger partial charge in [-0.25, -0.2) is 0 Å². The first-order valence-electron chi connectivity index (χ1n) is 5.00. The lowest BCUT2D eigenvalue weighted by Crippen LogP contribution is -2.40. The normalized spacial score (nSPS) is 12.2. The Morgan fingerprint density at radius 3 is 3.00 bits per heavy atom. The molecule has 0 fully saturated rings. The molecule has 1 heterocycles. The van der Waals surface area contributed by atoms with Gasteiger partial charge in [0, 0.05) is 24.6 Å². The van der Waals surface area contributed by atoms with Gasteiger partial charge in [0.25, 0.3) is 5.91 Å². The average molecular weight is 224 g/mol. The van der Waals surface area contributed by atoms with Gasteiger partial charge in [-0.05, 0) is 19.1 Å². The summed E-state index contributed by atoms with van der Waals surface area (Å²) in [6, 6.07) is 2.94. The number of ether oxygens (including phenoxy) is 1. The molecule has 2 N–H and O–H groups in total. The Morgan fingerprint density at radius 1 is 1.69 bits per heavy atom. The Bertz CT molecular complexity index is 355. The number of hydrogen-bond acceptors (Lipinski definition) is 4. The fourth-order valence-corrected chi connectivity index (χ4v) is 1.30. The van der Waals surface area contributed by atoms with Crippen LogP contribution in [0.4, 0.5) is 0 Å². The van der Waals surface area contributed by atoms with Gasteiger partial charge in [0.1, 0.15) is 0 Å². The van der Waals surface area contributed by atoms with Crippen LogP contribution in [0.25, 0.3) is 0 Å². The van der Waals surface area contributed by atoms with Crippen LogP contribution in [0, 0.1) is 6.92 Å². The largest absolute Gasteiger partial charge is 0.394 e. The molecule has 1 aromatic heterocycles. The maximum absolute atomic E-state index is 11.7.